The predicted molar refractivity (Wildman–Crippen MR) is 124 cm³/mol. The smallest absolute Gasteiger partial charge is 0.130 e. The van der Waals surface area contributed by atoms with Crippen molar-refractivity contribution in [3.63, 3.8) is 0 Å². The van der Waals surface area contributed by atoms with E-state index in [1.165, 1.54) is 66.5 Å². The molecule has 0 atom stereocenters. The number of aliphatic imine (C=N–C) groups is 1. The Labute approximate surface area is 178 Å². The van der Waals surface area contributed by atoms with Gasteiger partial charge in [0.05, 0.1) is 6.54 Å². The Bertz CT molecular complexity index is 919. The number of aryl methyl sites for hydroxylation is 1. The molecule has 2 heterocycles. The molecule has 0 unspecified atom stereocenters. The number of hydrogen-bond donors (Lipinski definition) is 1. The molecule has 0 saturated heterocycles. The first kappa shape index (κ1) is 19.1. The van der Waals surface area contributed by atoms with Gasteiger partial charge in [-0.2, -0.15) is 0 Å². The zero-order valence-corrected chi connectivity index (χ0v) is 18.2. The van der Waals surface area contributed by atoms with Gasteiger partial charge in [-0.05, 0) is 68.7 Å². The summed E-state index contributed by atoms with van der Waals surface area (Å²) in [4.78, 5) is 10.4. The fourth-order valence-corrected chi connectivity index (χ4v) is 6.55. The first-order valence-corrected chi connectivity index (χ1v) is 11.9. The maximum Gasteiger partial charge on any atom is 0.130 e. The minimum absolute atomic E-state index is 0.547. The standard InChI is InChI=1S/C25H31N3S/c1-17-15-26-25(23-21-9-6-10-22(21)29-24(17)23)27-19-11-13-20(14-12-19)28(2)16-18-7-4-3-5-8-18/h3-5,7-8,19-20H,1,6,9-16H2,2H3,(H,26,27). The quantitative estimate of drug-likeness (QED) is 0.771. The number of nitrogens with one attached hydrogen (secondary N) is 1. The molecule has 1 saturated carbocycles. The second-order valence-electron chi connectivity index (χ2n) is 8.88. The van der Waals surface area contributed by atoms with E-state index in [-0.39, 0.29) is 0 Å². The summed E-state index contributed by atoms with van der Waals surface area (Å²) in [7, 11) is 2.28. The topological polar surface area (TPSA) is 27.6 Å². The molecular formula is C25H31N3S. The Hall–Kier alpha value is -1.91. The minimum Gasteiger partial charge on any atom is -0.367 e. The summed E-state index contributed by atoms with van der Waals surface area (Å²) in [6.45, 7) is 6.08. The minimum atomic E-state index is 0.547. The SMILES string of the molecule is C=C1CN=C(NC2CCC(N(C)Cc3ccccc3)CC2)c2c1sc1c2CCC1. The van der Waals surface area contributed by atoms with Gasteiger partial charge in [-0.15, -0.1) is 11.3 Å². The van der Waals surface area contributed by atoms with Gasteiger partial charge < -0.3 is 5.32 Å². The summed E-state index contributed by atoms with van der Waals surface area (Å²) in [6.07, 6.45) is 8.73. The second-order valence-corrected chi connectivity index (χ2v) is 9.99. The van der Waals surface area contributed by atoms with E-state index in [1.807, 2.05) is 11.3 Å². The molecule has 2 aliphatic carbocycles. The fraction of sp³-hybridized carbons (Fsp3) is 0.480. The third-order valence-corrected chi connectivity index (χ3v) is 8.24. The number of amidine groups is 1. The zero-order chi connectivity index (χ0) is 19.8. The monoisotopic (exact) mass is 405 g/mol. The molecule has 1 N–H and O–H groups in total. The van der Waals surface area contributed by atoms with Crippen LogP contribution in [-0.2, 0) is 19.4 Å². The largest absolute Gasteiger partial charge is 0.367 e. The van der Waals surface area contributed by atoms with Gasteiger partial charge in [0.1, 0.15) is 5.84 Å². The molecule has 1 aliphatic heterocycles. The highest BCUT2D eigenvalue weighted by Gasteiger charge is 2.31. The van der Waals surface area contributed by atoms with Crippen LogP contribution in [0.5, 0.6) is 0 Å². The van der Waals surface area contributed by atoms with Crippen molar-refractivity contribution in [3.8, 4) is 0 Å². The maximum atomic E-state index is 4.91. The number of benzene rings is 1. The molecule has 0 amide bonds. The van der Waals surface area contributed by atoms with E-state index in [9.17, 15) is 0 Å². The summed E-state index contributed by atoms with van der Waals surface area (Å²) in [5, 5.41) is 3.86. The van der Waals surface area contributed by atoms with Gasteiger partial charge in [0.25, 0.3) is 0 Å². The molecular weight excluding hydrogens is 374 g/mol. The maximum absolute atomic E-state index is 4.91. The highest BCUT2D eigenvalue weighted by atomic mass is 32.1. The van der Waals surface area contributed by atoms with Crippen molar-refractivity contribution in [1.82, 2.24) is 10.2 Å². The number of fused-ring (bicyclic) bond motifs is 3. The number of hydrogen-bond acceptors (Lipinski definition) is 4. The summed E-state index contributed by atoms with van der Waals surface area (Å²) < 4.78 is 0. The summed E-state index contributed by atoms with van der Waals surface area (Å²) in [5.41, 5.74) is 5.58. The van der Waals surface area contributed by atoms with Crippen LogP contribution in [0, 0.1) is 0 Å². The summed E-state index contributed by atoms with van der Waals surface area (Å²) in [6, 6.07) is 12.1. The van der Waals surface area contributed by atoms with Gasteiger partial charge in [0, 0.05) is 33.9 Å². The van der Waals surface area contributed by atoms with Gasteiger partial charge in [-0.25, -0.2) is 0 Å². The van der Waals surface area contributed by atoms with E-state index < -0.39 is 0 Å². The van der Waals surface area contributed by atoms with E-state index in [0.29, 0.717) is 12.1 Å². The molecule has 1 fully saturated rings. The van der Waals surface area contributed by atoms with Gasteiger partial charge in [-0.3, -0.25) is 9.89 Å². The Balaban J connectivity index is 1.21. The molecule has 0 spiro atoms. The first-order valence-electron chi connectivity index (χ1n) is 11.1. The van der Waals surface area contributed by atoms with Gasteiger partial charge >= 0.3 is 0 Å². The van der Waals surface area contributed by atoms with Crippen LogP contribution in [0.4, 0.5) is 0 Å². The molecule has 2 aromatic rings. The Morgan fingerprint density at radius 2 is 1.93 bits per heavy atom. The van der Waals surface area contributed by atoms with Crippen LogP contribution in [0.3, 0.4) is 0 Å². The molecule has 0 radical (unpaired) electrons. The molecule has 0 bridgehead atoms. The van der Waals surface area contributed by atoms with Crippen molar-refractivity contribution >= 4 is 22.7 Å². The van der Waals surface area contributed by atoms with E-state index in [0.717, 1.165) is 18.9 Å². The molecule has 1 aromatic carbocycles. The highest BCUT2D eigenvalue weighted by Crippen LogP contribution is 2.40. The van der Waals surface area contributed by atoms with Crippen LogP contribution < -0.4 is 5.32 Å². The van der Waals surface area contributed by atoms with Crippen LogP contribution in [-0.4, -0.2) is 36.4 Å². The average molecular weight is 406 g/mol. The lowest BCUT2D eigenvalue weighted by Gasteiger charge is -2.36. The number of thiophene rings is 1. The lowest BCUT2D eigenvalue weighted by atomic mass is 9.89. The van der Waals surface area contributed by atoms with Crippen molar-refractivity contribution < 1.29 is 0 Å². The van der Waals surface area contributed by atoms with Crippen LogP contribution in [0.2, 0.25) is 0 Å². The van der Waals surface area contributed by atoms with E-state index in [2.05, 4.69) is 54.2 Å². The van der Waals surface area contributed by atoms with Gasteiger partial charge in [0.2, 0.25) is 0 Å². The third-order valence-electron chi connectivity index (χ3n) is 6.84. The van der Waals surface area contributed by atoms with Crippen molar-refractivity contribution in [1.29, 1.82) is 0 Å². The van der Waals surface area contributed by atoms with Gasteiger partial charge in [-0.1, -0.05) is 36.9 Å². The lowest BCUT2D eigenvalue weighted by Crippen LogP contribution is -2.43. The molecule has 3 nitrogen and oxygen atoms in total. The Morgan fingerprint density at radius 3 is 2.72 bits per heavy atom. The molecule has 152 valence electrons. The van der Waals surface area contributed by atoms with Crippen LogP contribution >= 0.6 is 11.3 Å². The summed E-state index contributed by atoms with van der Waals surface area (Å²) in [5.74, 6) is 1.16. The highest BCUT2D eigenvalue weighted by molar-refractivity contribution is 7.13. The molecule has 29 heavy (non-hydrogen) atoms. The van der Waals surface area contributed by atoms with Crippen LogP contribution in [0.1, 0.15) is 58.5 Å². The van der Waals surface area contributed by atoms with Gasteiger partial charge in [0.15, 0.2) is 0 Å². The van der Waals surface area contributed by atoms with E-state index >= 15 is 0 Å². The fourth-order valence-electron chi connectivity index (χ4n) is 5.20. The number of nitrogens with zero attached hydrogens (tertiary/aromatic N) is 2. The first-order chi connectivity index (χ1) is 14.2. The Morgan fingerprint density at radius 1 is 1.14 bits per heavy atom. The van der Waals surface area contributed by atoms with Crippen LogP contribution in [0.15, 0.2) is 41.9 Å². The zero-order valence-electron chi connectivity index (χ0n) is 17.4. The lowest BCUT2D eigenvalue weighted by molar-refractivity contribution is 0.172. The Kier molecular flexibility index (Phi) is 5.31. The summed E-state index contributed by atoms with van der Waals surface area (Å²) >= 11 is 1.98. The molecule has 1 aromatic heterocycles. The van der Waals surface area contributed by atoms with Crippen molar-refractivity contribution in [2.75, 3.05) is 13.6 Å². The van der Waals surface area contributed by atoms with Crippen molar-refractivity contribution in [3.05, 3.63) is 63.4 Å². The van der Waals surface area contributed by atoms with E-state index in [1.54, 1.807) is 10.4 Å². The molecule has 4 heteroatoms. The molecule has 3 aliphatic rings. The van der Waals surface area contributed by atoms with Crippen molar-refractivity contribution in [2.45, 2.75) is 63.6 Å². The average Bonchev–Trinajstić information content (AvgIpc) is 3.33. The van der Waals surface area contributed by atoms with Crippen LogP contribution in [0.25, 0.3) is 5.57 Å². The number of rotatable bonds is 4. The molecule has 5 rings (SSSR count). The normalized spacial score (nSPS) is 23.7. The predicted octanol–water partition coefficient (Wildman–Crippen LogP) is 5.04. The second kappa shape index (κ2) is 8.08. The van der Waals surface area contributed by atoms with Crippen molar-refractivity contribution in [2.24, 2.45) is 4.99 Å². The van der Waals surface area contributed by atoms with E-state index in [4.69, 9.17) is 4.99 Å². The third kappa shape index (κ3) is 3.80.